The Kier molecular flexibility index (Phi) is 4.11. The Morgan fingerprint density at radius 3 is 3.00 bits per heavy atom. The quantitative estimate of drug-likeness (QED) is 0.814. The molecule has 106 valence electrons. The third-order valence-corrected chi connectivity index (χ3v) is 5.25. The van der Waals surface area contributed by atoms with Gasteiger partial charge in [-0.25, -0.2) is 4.39 Å². The maximum Gasteiger partial charge on any atom is 0.127 e. The van der Waals surface area contributed by atoms with E-state index in [4.69, 9.17) is 11.6 Å². The van der Waals surface area contributed by atoms with Gasteiger partial charge in [-0.15, -0.1) is 11.3 Å². The van der Waals surface area contributed by atoms with Gasteiger partial charge in [-0.05, 0) is 43.9 Å². The monoisotopic (exact) mass is 309 g/mol. The summed E-state index contributed by atoms with van der Waals surface area (Å²) in [7, 11) is 0. The molecule has 1 nitrogen and oxygen atoms in total. The van der Waals surface area contributed by atoms with Crippen molar-refractivity contribution in [2.45, 2.75) is 38.3 Å². The lowest BCUT2D eigenvalue weighted by molar-refractivity contribution is 0.410. The summed E-state index contributed by atoms with van der Waals surface area (Å²) in [4.78, 5) is 1.37. The zero-order valence-corrected chi connectivity index (χ0v) is 12.9. The number of hydrogen-bond donors (Lipinski definition) is 1. The number of thiophene rings is 1. The number of rotatable bonds is 3. The van der Waals surface area contributed by atoms with Gasteiger partial charge < -0.3 is 5.32 Å². The molecule has 0 spiro atoms. The SMILES string of the molecule is C[C@@H](NC1CCCc2sc(Cl)cc21)c1ccccc1F. The zero-order valence-electron chi connectivity index (χ0n) is 11.3. The van der Waals surface area contributed by atoms with Crippen molar-refractivity contribution in [3.05, 3.63) is 56.5 Å². The van der Waals surface area contributed by atoms with E-state index in [1.54, 1.807) is 17.4 Å². The lowest BCUT2D eigenvalue weighted by Crippen LogP contribution is -2.27. The van der Waals surface area contributed by atoms with E-state index in [1.165, 1.54) is 16.5 Å². The van der Waals surface area contributed by atoms with Crippen molar-refractivity contribution in [3.8, 4) is 0 Å². The van der Waals surface area contributed by atoms with Crippen LogP contribution in [-0.2, 0) is 6.42 Å². The van der Waals surface area contributed by atoms with Crippen LogP contribution in [0, 0.1) is 5.82 Å². The van der Waals surface area contributed by atoms with E-state index >= 15 is 0 Å². The van der Waals surface area contributed by atoms with Crippen molar-refractivity contribution in [3.63, 3.8) is 0 Å². The first kappa shape index (κ1) is 14.1. The molecule has 1 aromatic heterocycles. The molecule has 1 aliphatic carbocycles. The minimum Gasteiger partial charge on any atom is -0.303 e. The van der Waals surface area contributed by atoms with E-state index in [1.807, 2.05) is 19.1 Å². The Morgan fingerprint density at radius 1 is 1.40 bits per heavy atom. The molecule has 0 fully saturated rings. The molecule has 0 amide bonds. The summed E-state index contributed by atoms with van der Waals surface area (Å²) in [6.45, 7) is 2.01. The summed E-state index contributed by atoms with van der Waals surface area (Å²) in [5, 5.41) is 3.55. The van der Waals surface area contributed by atoms with E-state index in [2.05, 4.69) is 11.4 Å². The molecule has 1 aromatic carbocycles. The van der Waals surface area contributed by atoms with Gasteiger partial charge in [-0.2, -0.15) is 0 Å². The number of halogens is 2. The summed E-state index contributed by atoms with van der Waals surface area (Å²) in [6, 6.07) is 9.29. The van der Waals surface area contributed by atoms with E-state index < -0.39 is 0 Å². The van der Waals surface area contributed by atoms with Gasteiger partial charge in [0.2, 0.25) is 0 Å². The highest BCUT2D eigenvalue weighted by molar-refractivity contribution is 7.16. The molecule has 1 unspecified atom stereocenters. The predicted octanol–water partition coefficient (Wildman–Crippen LogP) is 5.27. The normalized spacial score (nSPS) is 19.6. The van der Waals surface area contributed by atoms with E-state index in [9.17, 15) is 4.39 Å². The second-order valence-electron chi connectivity index (χ2n) is 5.28. The van der Waals surface area contributed by atoms with Crippen LogP contribution in [0.5, 0.6) is 0 Å². The largest absolute Gasteiger partial charge is 0.303 e. The van der Waals surface area contributed by atoms with Gasteiger partial charge in [0.1, 0.15) is 5.82 Å². The van der Waals surface area contributed by atoms with Crippen LogP contribution in [-0.4, -0.2) is 0 Å². The van der Waals surface area contributed by atoms with Crippen molar-refractivity contribution >= 4 is 22.9 Å². The van der Waals surface area contributed by atoms with E-state index in [0.29, 0.717) is 0 Å². The molecule has 0 radical (unpaired) electrons. The fourth-order valence-electron chi connectivity index (χ4n) is 2.91. The first-order valence-electron chi connectivity index (χ1n) is 6.93. The minimum absolute atomic E-state index is 0.00849. The van der Waals surface area contributed by atoms with E-state index in [0.717, 1.165) is 29.2 Å². The summed E-state index contributed by atoms with van der Waals surface area (Å²) in [5.41, 5.74) is 2.02. The third-order valence-electron chi connectivity index (χ3n) is 3.91. The second kappa shape index (κ2) is 5.84. The summed E-state index contributed by atoms with van der Waals surface area (Å²) >= 11 is 7.80. The van der Waals surface area contributed by atoms with Gasteiger partial charge in [0.15, 0.2) is 0 Å². The summed E-state index contributed by atoms with van der Waals surface area (Å²) in [6.07, 6.45) is 3.35. The van der Waals surface area contributed by atoms with Crippen molar-refractivity contribution in [1.29, 1.82) is 0 Å². The Bertz CT molecular complexity index is 610. The van der Waals surface area contributed by atoms with Crippen molar-refractivity contribution in [2.24, 2.45) is 0 Å². The number of hydrogen-bond acceptors (Lipinski definition) is 2. The molecule has 2 aromatic rings. The van der Waals surface area contributed by atoms with Gasteiger partial charge in [-0.3, -0.25) is 0 Å². The second-order valence-corrected chi connectivity index (χ2v) is 7.05. The lowest BCUT2D eigenvalue weighted by Gasteiger charge is -2.27. The Labute approximate surface area is 127 Å². The van der Waals surface area contributed by atoms with Crippen LogP contribution >= 0.6 is 22.9 Å². The number of nitrogens with one attached hydrogen (secondary N) is 1. The standard InChI is InChI=1S/C16H17ClFNS/c1-10(11-5-2-3-6-13(11)18)19-14-7-4-8-15-12(14)9-16(17)20-15/h2-3,5-6,9-10,14,19H,4,7-8H2,1H3/t10-,14?/m1/s1. The average molecular weight is 310 g/mol. The van der Waals surface area contributed by atoms with Gasteiger partial charge in [-0.1, -0.05) is 29.8 Å². The van der Waals surface area contributed by atoms with Gasteiger partial charge >= 0.3 is 0 Å². The fraction of sp³-hybridized carbons (Fsp3) is 0.375. The molecule has 0 aliphatic heterocycles. The Morgan fingerprint density at radius 2 is 2.20 bits per heavy atom. The number of aryl methyl sites for hydroxylation is 1. The van der Waals surface area contributed by atoms with Crippen LogP contribution in [0.2, 0.25) is 4.34 Å². The van der Waals surface area contributed by atoms with Gasteiger partial charge in [0.05, 0.1) is 4.34 Å². The maximum atomic E-state index is 13.8. The van der Waals surface area contributed by atoms with Crippen LogP contribution < -0.4 is 5.32 Å². The summed E-state index contributed by atoms with van der Waals surface area (Å²) < 4.78 is 14.7. The molecule has 20 heavy (non-hydrogen) atoms. The molecule has 4 heteroatoms. The van der Waals surface area contributed by atoms with Crippen molar-refractivity contribution in [2.75, 3.05) is 0 Å². The fourth-order valence-corrected chi connectivity index (χ4v) is 4.30. The summed E-state index contributed by atoms with van der Waals surface area (Å²) in [5.74, 6) is -0.146. The lowest BCUT2D eigenvalue weighted by atomic mass is 9.93. The molecular formula is C16H17ClFNS. The predicted molar refractivity (Wildman–Crippen MR) is 83.0 cm³/mol. The minimum atomic E-state index is -0.146. The number of benzene rings is 1. The first-order valence-corrected chi connectivity index (χ1v) is 8.13. The van der Waals surface area contributed by atoms with Crippen molar-refractivity contribution < 1.29 is 4.39 Å². The Hall–Kier alpha value is -0.900. The average Bonchev–Trinajstić information content (AvgIpc) is 2.80. The van der Waals surface area contributed by atoms with Crippen LogP contribution in [0.3, 0.4) is 0 Å². The molecule has 1 heterocycles. The molecule has 1 N–H and O–H groups in total. The smallest absolute Gasteiger partial charge is 0.127 e. The molecule has 1 aliphatic rings. The van der Waals surface area contributed by atoms with Gasteiger partial charge in [0.25, 0.3) is 0 Å². The third kappa shape index (κ3) is 2.76. The van der Waals surface area contributed by atoms with E-state index in [-0.39, 0.29) is 17.9 Å². The van der Waals surface area contributed by atoms with Crippen LogP contribution in [0.4, 0.5) is 4.39 Å². The highest BCUT2D eigenvalue weighted by atomic mass is 35.5. The highest BCUT2D eigenvalue weighted by Crippen LogP contribution is 2.38. The highest BCUT2D eigenvalue weighted by Gasteiger charge is 2.24. The topological polar surface area (TPSA) is 12.0 Å². The molecular weight excluding hydrogens is 293 g/mol. The van der Waals surface area contributed by atoms with Crippen LogP contribution in [0.15, 0.2) is 30.3 Å². The van der Waals surface area contributed by atoms with Crippen LogP contribution in [0.1, 0.15) is 47.9 Å². The number of fused-ring (bicyclic) bond motifs is 1. The molecule has 3 rings (SSSR count). The Balaban J connectivity index is 1.80. The van der Waals surface area contributed by atoms with Gasteiger partial charge in [0, 0.05) is 22.5 Å². The molecule has 0 saturated heterocycles. The van der Waals surface area contributed by atoms with Crippen LogP contribution in [0.25, 0.3) is 0 Å². The zero-order chi connectivity index (χ0) is 14.1. The maximum absolute atomic E-state index is 13.8. The molecule has 2 atom stereocenters. The first-order chi connectivity index (χ1) is 9.65. The molecule has 0 bridgehead atoms. The molecule has 0 saturated carbocycles. The van der Waals surface area contributed by atoms with Crippen molar-refractivity contribution in [1.82, 2.24) is 5.32 Å².